The van der Waals surface area contributed by atoms with Gasteiger partial charge >= 0.3 is 0 Å². The highest BCUT2D eigenvalue weighted by Crippen LogP contribution is 2.35. The first-order chi connectivity index (χ1) is 13.9. The van der Waals surface area contributed by atoms with Gasteiger partial charge in [0.15, 0.2) is 12.4 Å². The van der Waals surface area contributed by atoms with Crippen LogP contribution >= 0.6 is 0 Å². The van der Waals surface area contributed by atoms with Crippen LogP contribution in [0.2, 0.25) is 0 Å². The van der Waals surface area contributed by atoms with E-state index in [1.54, 1.807) is 51.5 Å². The largest absolute Gasteiger partial charge is 0.496 e. The number of nitrogens with zero attached hydrogens (tertiary/aromatic N) is 1. The lowest BCUT2D eigenvalue weighted by Crippen LogP contribution is -2.27. The molecule has 1 atom stereocenters. The quantitative estimate of drug-likeness (QED) is 0.531. The summed E-state index contributed by atoms with van der Waals surface area (Å²) >= 11 is 0. The predicted molar refractivity (Wildman–Crippen MR) is 111 cm³/mol. The van der Waals surface area contributed by atoms with E-state index in [9.17, 15) is 9.59 Å². The third kappa shape index (κ3) is 4.96. The fourth-order valence-electron chi connectivity index (χ4n) is 3.01. The lowest BCUT2D eigenvalue weighted by atomic mass is 10.0. The number of carbonyl (C=O) groups is 2. The number of rotatable bonds is 7. The first-order valence-corrected chi connectivity index (χ1v) is 9.40. The second-order valence-electron chi connectivity index (χ2n) is 7.13. The average molecular weight is 395 g/mol. The molecule has 1 aliphatic heterocycles. The van der Waals surface area contributed by atoms with E-state index in [1.165, 1.54) is 11.0 Å². The Hall–Kier alpha value is -3.28. The summed E-state index contributed by atoms with van der Waals surface area (Å²) in [6.45, 7) is 1.98. The number of likely N-dealkylation sites (N-methyl/N-ethyl adjacent to an activating group) is 1. The Balaban J connectivity index is 1.68. The third-order valence-electron chi connectivity index (χ3n) is 4.66. The van der Waals surface area contributed by atoms with Crippen molar-refractivity contribution in [1.29, 1.82) is 0 Å². The van der Waals surface area contributed by atoms with E-state index in [0.29, 0.717) is 17.1 Å². The van der Waals surface area contributed by atoms with Gasteiger partial charge in [-0.15, -0.1) is 0 Å². The number of fused-ring (bicyclic) bond motifs is 1. The predicted octanol–water partition coefficient (Wildman–Crippen LogP) is 3.38. The molecule has 1 heterocycles. The van der Waals surface area contributed by atoms with E-state index in [-0.39, 0.29) is 24.4 Å². The zero-order chi connectivity index (χ0) is 21.0. The number of hydrogen-bond donors (Lipinski definition) is 0. The fraction of sp³-hybridized carbons (Fsp3) is 0.304. The molecule has 0 saturated carbocycles. The van der Waals surface area contributed by atoms with Crippen molar-refractivity contribution in [3.05, 3.63) is 59.2 Å². The van der Waals surface area contributed by atoms with E-state index in [1.807, 2.05) is 19.1 Å². The Bertz CT molecular complexity index is 931. The molecule has 0 radical (unpaired) electrons. The number of allylic oxidation sites excluding steroid dienone is 1. The van der Waals surface area contributed by atoms with Crippen molar-refractivity contribution in [2.75, 3.05) is 27.8 Å². The molecule has 6 nitrogen and oxygen atoms in total. The highest BCUT2D eigenvalue weighted by atomic mass is 16.5. The van der Waals surface area contributed by atoms with E-state index in [4.69, 9.17) is 14.2 Å². The van der Waals surface area contributed by atoms with Crippen molar-refractivity contribution in [1.82, 2.24) is 4.90 Å². The molecule has 3 rings (SSSR count). The highest BCUT2D eigenvalue weighted by molar-refractivity contribution is 6.07. The van der Waals surface area contributed by atoms with E-state index >= 15 is 0 Å². The summed E-state index contributed by atoms with van der Waals surface area (Å²) < 4.78 is 16.7. The van der Waals surface area contributed by atoms with Crippen molar-refractivity contribution in [2.45, 2.75) is 19.4 Å². The summed E-state index contributed by atoms with van der Waals surface area (Å²) in [7, 11) is 4.95. The Kier molecular flexibility index (Phi) is 6.22. The van der Waals surface area contributed by atoms with Crippen molar-refractivity contribution in [2.24, 2.45) is 0 Å². The topological polar surface area (TPSA) is 65.1 Å². The summed E-state index contributed by atoms with van der Waals surface area (Å²) in [6, 6.07) is 10.6. The van der Waals surface area contributed by atoms with Gasteiger partial charge in [-0.1, -0.05) is 0 Å². The van der Waals surface area contributed by atoms with Gasteiger partial charge in [-0.2, -0.15) is 0 Å². The third-order valence-corrected chi connectivity index (χ3v) is 4.66. The summed E-state index contributed by atoms with van der Waals surface area (Å²) in [5, 5.41) is 0. The van der Waals surface area contributed by atoms with E-state index < -0.39 is 0 Å². The second kappa shape index (κ2) is 8.82. The monoisotopic (exact) mass is 395 g/mol. The molecule has 0 N–H and O–H groups in total. The number of hydrogen-bond acceptors (Lipinski definition) is 5. The van der Waals surface area contributed by atoms with Crippen LogP contribution in [0.3, 0.4) is 0 Å². The lowest BCUT2D eigenvalue weighted by Gasteiger charge is -2.11. The highest BCUT2D eigenvalue weighted by Gasteiger charge is 2.21. The molecule has 6 heteroatoms. The Morgan fingerprint density at radius 1 is 1.21 bits per heavy atom. The van der Waals surface area contributed by atoms with Gasteiger partial charge in [-0.25, -0.2) is 0 Å². The van der Waals surface area contributed by atoms with Crippen molar-refractivity contribution in [3.63, 3.8) is 0 Å². The van der Waals surface area contributed by atoms with Gasteiger partial charge in [-0.3, -0.25) is 9.59 Å². The minimum Gasteiger partial charge on any atom is -0.496 e. The smallest absolute Gasteiger partial charge is 0.259 e. The van der Waals surface area contributed by atoms with Crippen LogP contribution in [0, 0.1) is 0 Å². The van der Waals surface area contributed by atoms with Crippen LogP contribution in [0.4, 0.5) is 0 Å². The van der Waals surface area contributed by atoms with Crippen LogP contribution in [-0.2, 0) is 11.2 Å². The standard InChI is InChI=1S/C23H25NO5/c1-15-11-18-13-21(27-4)17(12-22(18)29-15)7-10-20(25)16-5-8-19(9-6-16)28-14-23(26)24(2)3/h5-10,12-13,15H,11,14H2,1-4H3/b10-7+. The molecule has 152 valence electrons. The molecule has 0 aliphatic carbocycles. The van der Waals surface area contributed by atoms with Gasteiger partial charge in [-0.05, 0) is 55.5 Å². The fourth-order valence-corrected chi connectivity index (χ4v) is 3.01. The average Bonchev–Trinajstić information content (AvgIpc) is 3.08. The van der Waals surface area contributed by atoms with Crippen molar-refractivity contribution >= 4 is 17.8 Å². The molecule has 0 saturated heterocycles. The Morgan fingerprint density at radius 3 is 2.59 bits per heavy atom. The van der Waals surface area contributed by atoms with Gasteiger partial charge in [0.25, 0.3) is 5.91 Å². The Labute approximate surface area is 170 Å². The zero-order valence-corrected chi connectivity index (χ0v) is 17.1. The first kappa shape index (κ1) is 20.5. The second-order valence-corrected chi connectivity index (χ2v) is 7.13. The molecule has 1 unspecified atom stereocenters. The molecule has 2 aromatic carbocycles. The van der Waals surface area contributed by atoms with Gasteiger partial charge in [0.2, 0.25) is 0 Å². The maximum absolute atomic E-state index is 12.5. The molecule has 0 fully saturated rings. The van der Waals surface area contributed by atoms with Crippen LogP contribution in [-0.4, -0.2) is 50.5 Å². The molecular formula is C23H25NO5. The number of benzene rings is 2. The maximum atomic E-state index is 12.5. The molecule has 0 spiro atoms. The number of methoxy groups -OCH3 is 1. The summed E-state index contributed by atoms with van der Waals surface area (Å²) in [4.78, 5) is 25.5. The summed E-state index contributed by atoms with van der Waals surface area (Å²) in [5.41, 5.74) is 2.43. The SMILES string of the molecule is COc1cc2c(cc1/C=C/C(=O)c1ccc(OCC(=O)N(C)C)cc1)OC(C)C2. The first-order valence-electron chi connectivity index (χ1n) is 9.40. The van der Waals surface area contributed by atoms with Crippen LogP contribution in [0.5, 0.6) is 17.2 Å². The van der Waals surface area contributed by atoms with Gasteiger partial charge < -0.3 is 19.1 Å². The lowest BCUT2D eigenvalue weighted by molar-refractivity contribution is -0.130. The minimum absolute atomic E-state index is 0.0427. The van der Waals surface area contributed by atoms with Crippen molar-refractivity contribution < 1.29 is 23.8 Å². The summed E-state index contributed by atoms with van der Waals surface area (Å²) in [5.74, 6) is 1.80. The van der Waals surface area contributed by atoms with E-state index in [0.717, 1.165) is 23.3 Å². The van der Waals surface area contributed by atoms with Gasteiger partial charge in [0.1, 0.15) is 23.4 Å². The Morgan fingerprint density at radius 2 is 1.93 bits per heavy atom. The van der Waals surface area contributed by atoms with Gasteiger partial charge in [0, 0.05) is 37.2 Å². The summed E-state index contributed by atoms with van der Waals surface area (Å²) in [6.07, 6.45) is 4.23. The molecular weight excluding hydrogens is 370 g/mol. The molecule has 0 bridgehead atoms. The van der Waals surface area contributed by atoms with Crippen LogP contribution in [0.15, 0.2) is 42.5 Å². The molecule has 1 amide bonds. The number of ether oxygens (including phenoxy) is 3. The van der Waals surface area contributed by atoms with Crippen LogP contribution in [0.25, 0.3) is 6.08 Å². The van der Waals surface area contributed by atoms with Crippen LogP contribution in [0.1, 0.15) is 28.4 Å². The van der Waals surface area contributed by atoms with Crippen LogP contribution < -0.4 is 14.2 Å². The number of carbonyl (C=O) groups excluding carboxylic acids is 2. The number of ketones is 1. The molecule has 29 heavy (non-hydrogen) atoms. The normalized spacial score (nSPS) is 15.0. The van der Waals surface area contributed by atoms with Crippen molar-refractivity contribution in [3.8, 4) is 17.2 Å². The van der Waals surface area contributed by atoms with Gasteiger partial charge in [0.05, 0.1) is 7.11 Å². The minimum atomic E-state index is -0.141. The number of amides is 1. The zero-order valence-electron chi connectivity index (χ0n) is 17.1. The maximum Gasteiger partial charge on any atom is 0.259 e. The molecule has 1 aliphatic rings. The van der Waals surface area contributed by atoms with E-state index in [2.05, 4.69) is 0 Å². The molecule has 2 aromatic rings. The molecule has 0 aromatic heterocycles.